The Morgan fingerprint density at radius 2 is 1.91 bits per heavy atom. The van der Waals surface area contributed by atoms with Gasteiger partial charge in [0.1, 0.15) is 0 Å². The first-order valence-corrected chi connectivity index (χ1v) is 7.66. The van der Waals surface area contributed by atoms with Crippen molar-refractivity contribution in [2.45, 2.75) is 6.54 Å². The van der Waals surface area contributed by atoms with Crippen molar-refractivity contribution in [1.82, 2.24) is 5.32 Å². The zero-order valence-corrected chi connectivity index (χ0v) is 14.0. The number of hydrogen-bond acceptors (Lipinski definition) is 5. The highest BCUT2D eigenvalue weighted by atomic mass is 35.5. The van der Waals surface area contributed by atoms with Gasteiger partial charge in [-0.2, -0.15) is 0 Å². The van der Waals surface area contributed by atoms with Gasteiger partial charge in [-0.25, -0.2) is 0 Å². The zero-order valence-electron chi connectivity index (χ0n) is 12.4. The Bertz CT molecular complexity index is 672. The van der Waals surface area contributed by atoms with E-state index in [2.05, 4.69) is 5.32 Å². The third kappa shape index (κ3) is 3.45. The molecule has 22 heavy (non-hydrogen) atoms. The highest BCUT2D eigenvalue weighted by Gasteiger charge is 2.16. The quantitative estimate of drug-likeness (QED) is 0.875. The van der Waals surface area contributed by atoms with Crippen molar-refractivity contribution < 1.29 is 19.0 Å². The molecule has 0 atom stereocenters. The predicted molar refractivity (Wildman–Crippen MR) is 86.6 cm³/mol. The van der Waals surface area contributed by atoms with Crippen molar-refractivity contribution >= 4 is 28.8 Å². The predicted octanol–water partition coefficient (Wildman–Crippen LogP) is 3.36. The second kappa shape index (κ2) is 7.38. The molecule has 2 aromatic rings. The number of thiophene rings is 1. The molecule has 5 nitrogen and oxygen atoms in total. The van der Waals surface area contributed by atoms with E-state index >= 15 is 0 Å². The average Bonchev–Trinajstić information content (AvgIpc) is 2.97. The molecule has 0 unspecified atom stereocenters. The summed E-state index contributed by atoms with van der Waals surface area (Å²) in [6.45, 7) is 0.301. The highest BCUT2D eigenvalue weighted by Crippen LogP contribution is 2.39. The standard InChI is InChI=1S/C15H16ClNO4S/c1-19-11-5-4-9(13(20-2)14(11)21-3)7-17-15(18)10-6-12(16)22-8-10/h4-6,8H,7H2,1-3H3,(H,17,18). The van der Waals surface area contributed by atoms with Crippen molar-refractivity contribution in [3.8, 4) is 17.2 Å². The van der Waals surface area contributed by atoms with Crippen LogP contribution >= 0.6 is 22.9 Å². The molecule has 1 aromatic carbocycles. The number of carbonyl (C=O) groups is 1. The smallest absolute Gasteiger partial charge is 0.252 e. The summed E-state index contributed by atoms with van der Waals surface area (Å²) in [5, 5.41) is 4.54. The maximum atomic E-state index is 12.0. The number of nitrogens with one attached hydrogen (secondary N) is 1. The molecule has 0 saturated carbocycles. The fraction of sp³-hybridized carbons (Fsp3) is 0.267. The van der Waals surface area contributed by atoms with Crippen molar-refractivity contribution in [3.63, 3.8) is 0 Å². The third-order valence-corrected chi connectivity index (χ3v) is 4.15. The monoisotopic (exact) mass is 341 g/mol. The van der Waals surface area contributed by atoms with Gasteiger partial charge in [0.15, 0.2) is 11.5 Å². The van der Waals surface area contributed by atoms with Crippen LogP contribution in [-0.4, -0.2) is 27.2 Å². The van der Waals surface area contributed by atoms with Gasteiger partial charge in [0.25, 0.3) is 5.91 Å². The number of methoxy groups -OCH3 is 3. The second-order valence-corrected chi connectivity index (χ2v) is 5.86. The van der Waals surface area contributed by atoms with Crippen LogP contribution in [0.4, 0.5) is 0 Å². The van der Waals surface area contributed by atoms with Crippen LogP contribution in [0, 0.1) is 0 Å². The summed E-state index contributed by atoms with van der Waals surface area (Å²) in [6.07, 6.45) is 0. The van der Waals surface area contributed by atoms with Gasteiger partial charge in [-0.3, -0.25) is 4.79 Å². The van der Waals surface area contributed by atoms with E-state index in [1.54, 1.807) is 31.7 Å². The normalized spacial score (nSPS) is 10.2. The molecule has 118 valence electrons. The van der Waals surface area contributed by atoms with Gasteiger partial charge in [-0.15, -0.1) is 11.3 Å². The minimum absolute atomic E-state index is 0.194. The van der Waals surface area contributed by atoms with E-state index in [0.717, 1.165) is 5.56 Å². The number of carbonyl (C=O) groups excluding carboxylic acids is 1. The number of ether oxygens (including phenoxy) is 3. The minimum Gasteiger partial charge on any atom is -0.493 e. The molecule has 0 bridgehead atoms. The summed E-state index contributed by atoms with van der Waals surface area (Å²) in [7, 11) is 4.64. The third-order valence-electron chi connectivity index (χ3n) is 3.05. The summed E-state index contributed by atoms with van der Waals surface area (Å²) < 4.78 is 16.5. The molecule has 0 aliphatic heterocycles. The molecule has 0 spiro atoms. The summed E-state index contributed by atoms with van der Waals surface area (Å²) in [4.78, 5) is 12.0. The fourth-order valence-corrected chi connectivity index (χ4v) is 2.87. The number of halogens is 1. The van der Waals surface area contributed by atoms with Crippen LogP contribution in [0.5, 0.6) is 17.2 Å². The van der Waals surface area contributed by atoms with Crippen LogP contribution < -0.4 is 19.5 Å². The van der Waals surface area contributed by atoms with Crippen molar-refractivity contribution in [3.05, 3.63) is 39.0 Å². The molecule has 0 aliphatic rings. The second-order valence-electron chi connectivity index (χ2n) is 4.32. The van der Waals surface area contributed by atoms with Crippen LogP contribution in [0.1, 0.15) is 15.9 Å². The van der Waals surface area contributed by atoms with Crippen molar-refractivity contribution in [2.75, 3.05) is 21.3 Å². The summed E-state index contributed by atoms with van der Waals surface area (Å²) in [6, 6.07) is 5.22. The van der Waals surface area contributed by atoms with Crippen LogP contribution in [0.25, 0.3) is 0 Å². The largest absolute Gasteiger partial charge is 0.493 e. The summed E-state index contributed by atoms with van der Waals surface area (Å²) in [5.41, 5.74) is 1.32. The Morgan fingerprint density at radius 1 is 1.18 bits per heavy atom. The molecule has 0 fully saturated rings. The number of benzene rings is 1. The number of hydrogen-bond donors (Lipinski definition) is 1. The maximum absolute atomic E-state index is 12.0. The molecule has 1 heterocycles. The number of rotatable bonds is 6. The fourth-order valence-electron chi connectivity index (χ4n) is 2.01. The van der Waals surface area contributed by atoms with Gasteiger partial charge in [-0.1, -0.05) is 11.6 Å². The van der Waals surface area contributed by atoms with Gasteiger partial charge in [0.2, 0.25) is 5.75 Å². The lowest BCUT2D eigenvalue weighted by molar-refractivity contribution is 0.0951. The van der Waals surface area contributed by atoms with Crippen LogP contribution in [0.15, 0.2) is 23.6 Å². The molecule has 1 N–H and O–H groups in total. The first-order valence-electron chi connectivity index (χ1n) is 6.40. The molecule has 0 saturated heterocycles. The first-order chi connectivity index (χ1) is 10.6. The lowest BCUT2D eigenvalue weighted by Gasteiger charge is -2.16. The van der Waals surface area contributed by atoms with E-state index in [1.807, 2.05) is 6.07 Å². The van der Waals surface area contributed by atoms with E-state index in [0.29, 0.717) is 33.7 Å². The van der Waals surface area contributed by atoms with Crippen LogP contribution in [-0.2, 0) is 6.54 Å². The van der Waals surface area contributed by atoms with Gasteiger partial charge in [0.05, 0.1) is 31.2 Å². The van der Waals surface area contributed by atoms with Crippen LogP contribution in [0.3, 0.4) is 0 Å². The SMILES string of the molecule is COc1ccc(CNC(=O)c2csc(Cl)c2)c(OC)c1OC. The minimum atomic E-state index is -0.194. The van der Waals surface area contributed by atoms with Crippen molar-refractivity contribution in [1.29, 1.82) is 0 Å². The van der Waals surface area contributed by atoms with E-state index in [4.69, 9.17) is 25.8 Å². The topological polar surface area (TPSA) is 56.8 Å². The molecule has 0 radical (unpaired) electrons. The molecule has 0 aliphatic carbocycles. The Labute approximate surface area is 137 Å². The molecule has 1 amide bonds. The molecule has 7 heteroatoms. The van der Waals surface area contributed by atoms with Gasteiger partial charge < -0.3 is 19.5 Å². The lowest BCUT2D eigenvalue weighted by Crippen LogP contribution is -2.22. The van der Waals surface area contributed by atoms with Crippen molar-refractivity contribution in [2.24, 2.45) is 0 Å². The van der Waals surface area contributed by atoms with E-state index in [9.17, 15) is 4.79 Å². The summed E-state index contributed by atoms with van der Waals surface area (Å²) in [5.74, 6) is 1.40. The van der Waals surface area contributed by atoms with Gasteiger partial charge in [-0.05, 0) is 18.2 Å². The van der Waals surface area contributed by atoms with E-state index < -0.39 is 0 Å². The molecule has 1 aromatic heterocycles. The highest BCUT2D eigenvalue weighted by molar-refractivity contribution is 7.14. The first kappa shape index (κ1) is 16.5. The Morgan fingerprint density at radius 3 is 2.45 bits per heavy atom. The maximum Gasteiger partial charge on any atom is 0.252 e. The molecular weight excluding hydrogens is 326 g/mol. The van der Waals surface area contributed by atoms with E-state index in [1.165, 1.54) is 18.4 Å². The summed E-state index contributed by atoms with van der Waals surface area (Å²) >= 11 is 7.15. The van der Waals surface area contributed by atoms with E-state index in [-0.39, 0.29) is 5.91 Å². The van der Waals surface area contributed by atoms with Crippen LogP contribution in [0.2, 0.25) is 4.34 Å². The lowest BCUT2D eigenvalue weighted by atomic mass is 10.1. The number of amides is 1. The van der Waals surface area contributed by atoms with Gasteiger partial charge >= 0.3 is 0 Å². The molecule has 2 rings (SSSR count). The molecular formula is C15H16ClNO4S. The van der Waals surface area contributed by atoms with Gasteiger partial charge in [0, 0.05) is 17.5 Å². The Balaban J connectivity index is 2.17. The average molecular weight is 342 g/mol. The Kier molecular flexibility index (Phi) is 5.51. The Hall–Kier alpha value is -1.92. The zero-order chi connectivity index (χ0) is 16.1.